The number of rotatable bonds is 5. The smallest absolute Gasteiger partial charge is 0.213 e. The van der Waals surface area contributed by atoms with Gasteiger partial charge >= 0.3 is 0 Å². The topological polar surface area (TPSA) is 40.6 Å². The van der Waals surface area contributed by atoms with Crippen LogP contribution in [-0.4, -0.2) is 19.2 Å². The Balaban J connectivity index is 2.09. The molecule has 1 heterocycles. The van der Waals surface area contributed by atoms with E-state index >= 15 is 0 Å². The first-order valence-corrected chi connectivity index (χ1v) is 5.57. The summed E-state index contributed by atoms with van der Waals surface area (Å²) in [6, 6.07) is 11.3. The van der Waals surface area contributed by atoms with E-state index in [1.54, 1.807) is 26.5 Å². The molecule has 18 heavy (non-hydrogen) atoms. The molecule has 1 aromatic carbocycles. The maximum atomic E-state index is 5.69. The summed E-state index contributed by atoms with van der Waals surface area (Å²) in [5.41, 5.74) is 1.07. The summed E-state index contributed by atoms with van der Waals surface area (Å²) in [5, 5.41) is 0. The van der Waals surface area contributed by atoms with E-state index in [-0.39, 0.29) is 0 Å². The van der Waals surface area contributed by atoms with Crippen LogP contribution in [0, 0.1) is 0 Å². The molecular formula is C14H15NO3. The van der Waals surface area contributed by atoms with Gasteiger partial charge < -0.3 is 14.2 Å². The molecule has 0 N–H and O–H groups in total. The third-order valence-electron chi connectivity index (χ3n) is 2.36. The second kappa shape index (κ2) is 6.02. The van der Waals surface area contributed by atoms with Crippen LogP contribution in [0.4, 0.5) is 0 Å². The van der Waals surface area contributed by atoms with Crippen LogP contribution in [0.1, 0.15) is 5.56 Å². The van der Waals surface area contributed by atoms with Crippen LogP contribution in [0.25, 0.3) is 0 Å². The summed E-state index contributed by atoms with van der Waals surface area (Å²) in [5.74, 6) is 2.00. The van der Waals surface area contributed by atoms with Crippen LogP contribution in [0.15, 0.2) is 42.6 Å². The number of methoxy groups -OCH3 is 2. The Labute approximate surface area is 106 Å². The monoisotopic (exact) mass is 245 g/mol. The van der Waals surface area contributed by atoms with Gasteiger partial charge in [-0.05, 0) is 23.8 Å². The number of pyridine rings is 1. The summed E-state index contributed by atoms with van der Waals surface area (Å²) < 4.78 is 15.8. The average molecular weight is 245 g/mol. The van der Waals surface area contributed by atoms with Gasteiger partial charge in [-0.25, -0.2) is 4.98 Å². The van der Waals surface area contributed by atoms with Gasteiger partial charge in [0, 0.05) is 13.2 Å². The Bertz CT molecular complexity index is 497. The van der Waals surface area contributed by atoms with Gasteiger partial charge in [-0.15, -0.1) is 0 Å². The van der Waals surface area contributed by atoms with Crippen molar-refractivity contribution < 1.29 is 14.2 Å². The molecule has 0 aliphatic carbocycles. The van der Waals surface area contributed by atoms with Gasteiger partial charge in [-0.3, -0.25) is 0 Å². The molecule has 0 saturated carbocycles. The highest BCUT2D eigenvalue weighted by Gasteiger charge is 2.00. The third kappa shape index (κ3) is 3.21. The molecule has 0 amide bonds. The zero-order valence-corrected chi connectivity index (χ0v) is 10.4. The standard InChI is InChI=1S/C14H15NO3/c1-16-10-11-4-3-5-12(8-11)18-13-6-7-14(17-2)15-9-13/h3-9H,10H2,1-2H3. The fourth-order valence-electron chi connectivity index (χ4n) is 1.55. The molecule has 0 bridgehead atoms. The Hall–Kier alpha value is -2.07. The fourth-order valence-corrected chi connectivity index (χ4v) is 1.55. The van der Waals surface area contributed by atoms with Gasteiger partial charge in [0.15, 0.2) is 0 Å². The van der Waals surface area contributed by atoms with Crippen molar-refractivity contribution in [2.75, 3.05) is 14.2 Å². The normalized spacial score (nSPS) is 10.1. The lowest BCUT2D eigenvalue weighted by Gasteiger charge is -2.07. The molecule has 0 spiro atoms. The fraction of sp³-hybridized carbons (Fsp3) is 0.214. The minimum atomic E-state index is 0.565. The highest BCUT2D eigenvalue weighted by Crippen LogP contribution is 2.23. The molecule has 0 aliphatic heterocycles. The summed E-state index contributed by atoms with van der Waals surface area (Å²) in [7, 11) is 3.25. The Kier molecular flexibility index (Phi) is 4.15. The summed E-state index contributed by atoms with van der Waals surface area (Å²) in [6.07, 6.45) is 1.63. The number of hydrogen-bond donors (Lipinski definition) is 0. The van der Waals surface area contributed by atoms with Crippen molar-refractivity contribution in [3.63, 3.8) is 0 Å². The first-order chi connectivity index (χ1) is 8.81. The van der Waals surface area contributed by atoms with E-state index in [1.165, 1.54) is 0 Å². The van der Waals surface area contributed by atoms with Crippen LogP contribution in [0.5, 0.6) is 17.4 Å². The summed E-state index contributed by atoms with van der Waals surface area (Å²) in [6.45, 7) is 0.568. The first-order valence-electron chi connectivity index (χ1n) is 5.57. The van der Waals surface area contributed by atoms with Crippen LogP contribution >= 0.6 is 0 Å². The van der Waals surface area contributed by atoms with E-state index < -0.39 is 0 Å². The molecule has 4 heteroatoms. The quantitative estimate of drug-likeness (QED) is 0.811. The maximum absolute atomic E-state index is 5.69. The van der Waals surface area contributed by atoms with Crippen molar-refractivity contribution in [3.05, 3.63) is 48.2 Å². The molecule has 4 nitrogen and oxygen atoms in total. The second-order valence-electron chi connectivity index (χ2n) is 3.72. The molecular weight excluding hydrogens is 230 g/mol. The molecule has 1 aromatic heterocycles. The molecule has 2 aromatic rings. The molecule has 0 unspecified atom stereocenters. The highest BCUT2D eigenvalue weighted by molar-refractivity contribution is 5.33. The van der Waals surface area contributed by atoms with Crippen molar-refractivity contribution in [3.8, 4) is 17.4 Å². The van der Waals surface area contributed by atoms with Crippen molar-refractivity contribution in [2.45, 2.75) is 6.61 Å². The van der Waals surface area contributed by atoms with E-state index in [0.29, 0.717) is 18.2 Å². The lowest BCUT2D eigenvalue weighted by molar-refractivity contribution is 0.184. The molecule has 2 rings (SSSR count). The van der Waals surface area contributed by atoms with Crippen LogP contribution < -0.4 is 9.47 Å². The molecule has 0 saturated heterocycles. The Morgan fingerprint density at radius 2 is 1.94 bits per heavy atom. The van der Waals surface area contributed by atoms with E-state index in [1.807, 2.05) is 30.3 Å². The van der Waals surface area contributed by atoms with Crippen molar-refractivity contribution in [1.29, 1.82) is 0 Å². The van der Waals surface area contributed by atoms with Crippen molar-refractivity contribution in [2.24, 2.45) is 0 Å². The molecule has 0 atom stereocenters. The minimum Gasteiger partial charge on any atom is -0.481 e. The maximum Gasteiger partial charge on any atom is 0.213 e. The van der Waals surface area contributed by atoms with Gasteiger partial charge in [0.1, 0.15) is 11.5 Å². The van der Waals surface area contributed by atoms with Gasteiger partial charge in [0.05, 0.1) is 19.9 Å². The number of nitrogens with zero attached hydrogens (tertiary/aromatic N) is 1. The van der Waals surface area contributed by atoms with E-state index in [0.717, 1.165) is 11.3 Å². The van der Waals surface area contributed by atoms with E-state index in [2.05, 4.69) is 4.98 Å². The van der Waals surface area contributed by atoms with Gasteiger partial charge in [0.2, 0.25) is 5.88 Å². The van der Waals surface area contributed by atoms with Crippen LogP contribution in [0.3, 0.4) is 0 Å². The predicted molar refractivity (Wildman–Crippen MR) is 68.0 cm³/mol. The average Bonchev–Trinajstić information content (AvgIpc) is 2.40. The lowest BCUT2D eigenvalue weighted by Crippen LogP contribution is -1.91. The number of hydrogen-bond acceptors (Lipinski definition) is 4. The van der Waals surface area contributed by atoms with E-state index in [4.69, 9.17) is 14.2 Å². The lowest BCUT2D eigenvalue weighted by atomic mass is 10.2. The zero-order chi connectivity index (χ0) is 12.8. The number of benzene rings is 1. The summed E-state index contributed by atoms with van der Waals surface area (Å²) in [4.78, 5) is 4.08. The number of ether oxygens (including phenoxy) is 3. The van der Waals surface area contributed by atoms with Crippen molar-refractivity contribution >= 4 is 0 Å². The van der Waals surface area contributed by atoms with Gasteiger partial charge in [0.25, 0.3) is 0 Å². The Morgan fingerprint density at radius 3 is 2.61 bits per heavy atom. The van der Waals surface area contributed by atoms with Crippen LogP contribution in [-0.2, 0) is 11.3 Å². The molecule has 0 fully saturated rings. The summed E-state index contributed by atoms with van der Waals surface area (Å²) >= 11 is 0. The highest BCUT2D eigenvalue weighted by atomic mass is 16.5. The Morgan fingerprint density at radius 1 is 1.06 bits per heavy atom. The zero-order valence-electron chi connectivity index (χ0n) is 10.4. The molecule has 0 aliphatic rings. The first kappa shape index (κ1) is 12.4. The van der Waals surface area contributed by atoms with Gasteiger partial charge in [-0.2, -0.15) is 0 Å². The third-order valence-corrected chi connectivity index (χ3v) is 2.36. The SMILES string of the molecule is COCc1cccc(Oc2ccc(OC)nc2)c1. The van der Waals surface area contributed by atoms with Crippen molar-refractivity contribution in [1.82, 2.24) is 4.98 Å². The van der Waals surface area contributed by atoms with Gasteiger partial charge in [-0.1, -0.05) is 12.1 Å². The molecule has 94 valence electrons. The number of aromatic nitrogens is 1. The minimum absolute atomic E-state index is 0.565. The molecule has 0 radical (unpaired) electrons. The van der Waals surface area contributed by atoms with E-state index in [9.17, 15) is 0 Å². The largest absolute Gasteiger partial charge is 0.481 e. The predicted octanol–water partition coefficient (Wildman–Crippen LogP) is 3.03. The second-order valence-corrected chi connectivity index (χ2v) is 3.72. The van der Waals surface area contributed by atoms with Crippen LogP contribution in [0.2, 0.25) is 0 Å².